The highest BCUT2D eigenvalue weighted by Gasteiger charge is 2.21. The van der Waals surface area contributed by atoms with Crippen molar-refractivity contribution in [1.82, 2.24) is 9.71 Å². The quantitative estimate of drug-likeness (QED) is 0.737. The Kier molecular flexibility index (Phi) is 6.28. The first-order valence-electron chi connectivity index (χ1n) is 8.86. The molecule has 1 N–H and O–H groups in total. The maximum absolute atomic E-state index is 12.6. The smallest absolute Gasteiger partial charge is 0.242 e. The van der Waals surface area contributed by atoms with Gasteiger partial charge in [-0.15, -0.1) is 0 Å². The number of nitrogens with one attached hydrogen (secondary N) is 1. The summed E-state index contributed by atoms with van der Waals surface area (Å²) in [5, 5.41) is -0.0431. The molecule has 1 aromatic carbocycles. The summed E-state index contributed by atoms with van der Waals surface area (Å²) in [7, 11) is -7.54. The molecule has 2 aromatic rings. The van der Waals surface area contributed by atoms with E-state index in [4.69, 9.17) is 11.6 Å². The first-order valence-corrected chi connectivity index (χ1v) is 12.6. The van der Waals surface area contributed by atoms with E-state index in [1.54, 1.807) is 6.20 Å². The number of hydrogen-bond donors (Lipinski definition) is 1. The molecule has 1 aromatic heterocycles. The number of aromatic nitrogens is 1. The molecule has 2 heterocycles. The minimum absolute atomic E-state index is 0.0229. The standard InChI is InChI=1S/C18H22ClN3O4S2/c1-27(23,24)15-6-7-16(19)17(11-15)28(25,26)21-13-14-5-8-18(20-12-14)22-9-3-2-4-10-22/h5-8,11-12,21H,2-4,9-10,13H2,1H3. The number of piperidine rings is 1. The van der Waals surface area contributed by atoms with Crippen molar-refractivity contribution in [1.29, 1.82) is 0 Å². The zero-order chi connectivity index (χ0) is 20.4. The molecule has 0 atom stereocenters. The van der Waals surface area contributed by atoms with E-state index in [9.17, 15) is 16.8 Å². The Morgan fingerprint density at radius 1 is 1.07 bits per heavy atom. The lowest BCUT2D eigenvalue weighted by Gasteiger charge is -2.27. The first-order chi connectivity index (χ1) is 13.2. The van der Waals surface area contributed by atoms with Gasteiger partial charge in [0.25, 0.3) is 0 Å². The molecule has 1 saturated heterocycles. The molecule has 7 nitrogen and oxygen atoms in total. The molecular formula is C18H22ClN3O4S2. The zero-order valence-corrected chi connectivity index (χ0v) is 17.8. The van der Waals surface area contributed by atoms with Crippen molar-refractivity contribution in [2.45, 2.75) is 35.6 Å². The average Bonchev–Trinajstić information content (AvgIpc) is 2.67. The Hall–Kier alpha value is -1.68. The molecule has 28 heavy (non-hydrogen) atoms. The molecular weight excluding hydrogens is 422 g/mol. The number of sulfone groups is 1. The van der Waals surface area contributed by atoms with Crippen LogP contribution < -0.4 is 9.62 Å². The van der Waals surface area contributed by atoms with Crippen molar-refractivity contribution in [3.63, 3.8) is 0 Å². The van der Waals surface area contributed by atoms with Crippen LogP contribution in [0.1, 0.15) is 24.8 Å². The molecule has 10 heteroatoms. The summed E-state index contributed by atoms with van der Waals surface area (Å²) < 4.78 is 51.0. The van der Waals surface area contributed by atoms with Crippen molar-refractivity contribution in [2.75, 3.05) is 24.2 Å². The van der Waals surface area contributed by atoms with E-state index in [-0.39, 0.29) is 21.4 Å². The van der Waals surface area contributed by atoms with Crippen LogP contribution in [0.15, 0.2) is 46.3 Å². The molecule has 1 aliphatic rings. The van der Waals surface area contributed by atoms with Crippen LogP contribution in [0.25, 0.3) is 0 Å². The number of rotatable bonds is 6. The zero-order valence-electron chi connectivity index (χ0n) is 15.4. The van der Waals surface area contributed by atoms with Crippen LogP contribution >= 0.6 is 11.6 Å². The van der Waals surface area contributed by atoms with Crippen LogP contribution in [0, 0.1) is 0 Å². The number of hydrogen-bond acceptors (Lipinski definition) is 6. The van der Waals surface area contributed by atoms with Gasteiger partial charge in [-0.1, -0.05) is 17.7 Å². The molecule has 0 aliphatic carbocycles. The monoisotopic (exact) mass is 443 g/mol. The number of anilines is 1. The molecule has 0 unspecified atom stereocenters. The fraction of sp³-hybridized carbons (Fsp3) is 0.389. The highest BCUT2D eigenvalue weighted by Crippen LogP contribution is 2.25. The number of pyridine rings is 1. The van der Waals surface area contributed by atoms with Gasteiger partial charge in [-0.25, -0.2) is 26.5 Å². The van der Waals surface area contributed by atoms with E-state index in [0.29, 0.717) is 5.56 Å². The number of halogens is 1. The fourth-order valence-corrected chi connectivity index (χ4v) is 5.27. The molecule has 1 fully saturated rings. The Labute approximate surface area is 170 Å². The summed E-state index contributed by atoms with van der Waals surface area (Å²) in [6, 6.07) is 7.32. The van der Waals surface area contributed by atoms with Gasteiger partial charge in [-0.3, -0.25) is 0 Å². The molecule has 0 amide bonds. The van der Waals surface area contributed by atoms with Crippen LogP contribution in [-0.4, -0.2) is 41.2 Å². The van der Waals surface area contributed by atoms with Gasteiger partial charge < -0.3 is 4.90 Å². The van der Waals surface area contributed by atoms with Crippen molar-refractivity contribution in [3.05, 3.63) is 47.1 Å². The molecule has 0 radical (unpaired) electrons. The number of nitrogens with zero attached hydrogens (tertiary/aromatic N) is 2. The second kappa shape index (κ2) is 8.36. The van der Waals surface area contributed by atoms with Crippen LogP contribution in [0.2, 0.25) is 5.02 Å². The van der Waals surface area contributed by atoms with Gasteiger partial charge in [0, 0.05) is 32.1 Å². The Morgan fingerprint density at radius 3 is 2.39 bits per heavy atom. The fourth-order valence-electron chi connectivity index (χ4n) is 3.01. The van der Waals surface area contributed by atoms with Crippen LogP contribution in [0.3, 0.4) is 0 Å². The van der Waals surface area contributed by atoms with Gasteiger partial charge in [-0.05, 0) is 49.1 Å². The van der Waals surface area contributed by atoms with Crippen molar-refractivity contribution < 1.29 is 16.8 Å². The predicted molar refractivity (Wildman–Crippen MR) is 109 cm³/mol. The van der Waals surface area contributed by atoms with Gasteiger partial charge in [0.05, 0.1) is 9.92 Å². The van der Waals surface area contributed by atoms with E-state index in [0.717, 1.165) is 44.1 Å². The van der Waals surface area contributed by atoms with Gasteiger partial charge in [0.1, 0.15) is 10.7 Å². The molecule has 1 aliphatic heterocycles. The van der Waals surface area contributed by atoms with Gasteiger partial charge >= 0.3 is 0 Å². The first kappa shape index (κ1) is 21.0. The molecule has 0 bridgehead atoms. The summed E-state index contributed by atoms with van der Waals surface area (Å²) in [6.45, 7) is 1.98. The maximum Gasteiger partial charge on any atom is 0.242 e. The summed E-state index contributed by atoms with van der Waals surface area (Å²) >= 11 is 5.99. The summed E-state index contributed by atoms with van der Waals surface area (Å²) in [5.41, 5.74) is 0.694. The normalized spacial score (nSPS) is 15.6. The van der Waals surface area contributed by atoms with Gasteiger partial charge in [0.15, 0.2) is 9.84 Å². The minimum atomic E-state index is -3.99. The van der Waals surface area contributed by atoms with Gasteiger partial charge in [0.2, 0.25) is 10.0 Å². The third-order valence-electron chi connectivity index (χ3n) is 4.58. The van der Waals surface area contributed by atoms with Crippen LogP contribution in [-0.2, 0) is 26.4 Å². The second-order valence-corrected chi connectivity index (χ2v) is 10.9. The topological polar surface area (TPSA) is 96.4 Å². The van der Waals surface area contributed by atoms with Crippen LogP contribution in [0.5, 0.6) is 0 Å². The van der Waals surface area contributed by atoms with Crippen LogP contribution in [0.4, 0.5) is 5.82 Å². The largest absolute Gasteiger partial charge is 0.357 e. The van der Waals surface area contributed by atoms with E-state index in [1.807, 2.05) is 12.1 Å². The van der Waals surface area contributed by atoms with Gasteiger partial charge in [-0.2, -0.15) is 0 Å². The third kappa shape index (κ3) is 5.02. The van der Waals surface area contributed by atoms with Crippen molar-refractivity contribution >= 4 is 37.3 Å². The number of benzene rings is 1. The maximum atomic E-state index is 12.6. The lowest BCUT2D eigenvalue weighted by molar-refractivity contribution is 0.573. The number of sulfonamides is 1. The Bertz CT molecular complexity index is 1050. The van der Waals surface area contributed by atoms with E-state index >= 15 is 0 Å². The summed E-state index contributed by atoms with van der Waals surface area (Å²) in [5.74, 6) is 0.884. The molecule has 0 spiro atoms. The Morgan fingerprint density at radius 2 is 1.79 bits per heavy atom. The second-order valence-electron chi connectivity index (χ2n) is 6.76. The molecule has 3 rings (SSSR count). The Balaban J connectivity index is 1.73. The summed E-state index contributed by atoms with van der Waals surface area (Å²) in [6.07, 6.45) is 6.18. The highest BCUT2D eigenvalue weighted by atomic mass is 35.5. The predicted octanol–water partition coefficient (Wildman–Crippen LogP) is 2.61. The third-order valence-corrected chi connectivity index (χ3v) is 7.57. The average molecular weight is 444 g/mol. The molecule has 152 valence electrons. The van der Waals surface area contributed by atoms with E-state index < -0.39 is 19.9 Å². The minimum Gasteiger partial charge on any atom is -0.357 e. The molecule has 0 saturated carbocycles. The lowest BCUT2D eigenvalue weighted by atomic mass is 10.1. The van der Waals surface area contributed by atoms with Crippen molar-refractivity contribution in [3.8, 4) is 0 Å². The van der Waals surface area contributed by atoms with E-state index in [1.165, 1.54) is 18.6 Å². The highest BCUT2D eigenvalue weighted by molar-refractivity contribution is 7.91. The van der Waals surface area contributed by atoms with E-state index in [2.05, 4.69) is 14.6 Å². The SMILES string of the molecule is CS(=O)(=O)c1ccc(Cl)c(S(=O)(=O)NCc2ccc(N3CCCCC3)nc2)c1. The summed E-state index contributed by atoms with van der Waals surface area (Å²) in [4.78, 5) is 6.27. The van der Waals surface area contributed by atoms with Crippen molar-refractivity contribution in [2.24, 2.45) is 0 Å². The lowest BCUT2D eigenvalue weighted by Crippen LogP contribution is -2.30.